The zero-order chi connectivity index (χ0) is 13.9. The van der Waals surface area contributed by atoms with Crippen LogP contribution in [0.25, 0.3) is 0 Å². The van der Waals surface area contributed by atoms with E-state index in [4.69, 9.17) is 9.26 Å². The normalized spacial score (nSPS) is 22.3. The molecular weight excluding hydrogens is 254 g/mol. The van der Waals surface area contributed by atoms with Crippen molar-refractivity contribution in [1.29, 1.82) is 0 Å². The number of hydrogen-bond acceptors (Lipinski definition) is 5. The lowest BCUT2D eigenvalue weighted by molar-refractivity contribution is 0.116. The topological polar surface area (TPSA) is 60.2 Å². The summed E-state index contributed by atoms with van der Waals surface area (Å²) in [7, 11) is 1.73. The van der Waals surface area contributed by atoms with Crippen LogP contribution in [0, 0.1) is 6.92 Å². The van der Waals surface area contributed by atoms with Crippen LogP contribution in [0.1, 0.15) is 35.3 Å². The molecule has 1 fully saturated rings. The van der Waals surface area contributed by atoms with Crippen LogP contribution in [-0.4, -0.2) is 29.9 Å². The SMILES string of the molecule is CO[C@@H]1CN[C@@H](c2nc(Cc3ccc(C)cc3)no2)C1. The van der Waals surface area contributed by atoms with Gasteiger partial charge in [-0.25, -0.2) is 0 Å². The largest absolute Gasteiger partial charge is 0.380 e. The van der Waals surface area contributed by atoms with Crippen LogP contribution < -0.4 is 5.32 Å². The van der Waals surface area contributed by atoms with E-state index in [0.717, 1.165) is 18.8 Å². The molecule has 1 saturated heterocycles. The summed E-state index contributed by atoms with van der Waals surface area (Å²) in [5.41, 5.74) is 2.44. The maximum atomic E-state index is 5.36. The predicted molar refractivity (Wildman–Crippen MR) is 74.4 cm³/mol. The highest BCUT2D eigenvalue weighted by molar-refractivity contribution is 5.23. The summed E-state index contributed by atoms with van der Waals surface area (Å²) in [6.07, 6.45) is 1.81. The number of rotatable bonds is 4. The number of hydrogen-bond donors (Lipinski definition) is 1. The second-order valence-corrected chi connectivity index (χ2v) is 5.27. The Morgan fingerprint density at radius 2 is 2.15 bits per heavy atom. The van der Waals surface area contributed by atoms with Crippen molar-refractivity contribution >= 4 is 0 Å². The Hall–Kier alpha value is -1.72. The molecule has 106 valence electrons. The average molecular weight is 273 g/mol. The second kappa shape index (κ2) is 5.73. The van der Waals surface area contributed by atoms with Gasteiger partial charge in [-0.05, 0) is 18.9 Å². The van der Waals surface area contributed by atoms with E-state index in [1.807, 2.05) is 0 Å². The highest BCUT2D eigenvalue weighted by Gasteiger charge is 2.29. The molecule has 1 aromatic carbocycles. The Bertz CT molecular complexity index is 565. The summed E-state index contributed by atoms with van der Waals surface area (Å²) in [6.45, 7) is 2.91. The van der Waals surface area contributed by atoms with Crippen molar-refractivity contribution in [3.8, 4) is 0 Å². The standard InChI is InChI=1S/C15H19N3O2/c1-10-3-5-11(6-4-10)7-14-17-15(20-18-14)13-8-12(19-2)9-16-13/h3-6,12-13,16H,7-9H2,1-2H3/t12-,13+/m0/s1. The van der Waals surface area contributed by atoms with Crippen molar-refractivity contribution in [2.24, 2.45) is 0 Å². The minimum atomic E-state index is 0.110. The molecule has 5 heteroatoms. The molecule has 1 aliphatic heterocycles. The van der Waals surface area contributed by atoms with E-state index >= 15 is 0 Å². The molecule has 0 amide bonds. The highest BCUT2D eigenvalue weighted by atomic mass is 16.5. The van der Waals surface area contributed by atoms with Crippen molar-refractivity contribution in [1.82, 2.24) is 15.5 Å². The third-order valence-electron chi connectivity index (χ3n) is 3.69. The molecule has 1 aliphatic rings. The lowest BCUT2D eigenvalue weighted by Crippen LogP contribution is -2.16. The predicted octanol–water partition coefficient (Wildman–Crippen LogP) is 2.02. The van der Waals surface area contributed by atoms with Gasteiger partial charge < -0.3 is 14.6 Å². The third-order valence-corrected chi connectivity index (χ3v) is 3.69. The first-order chi connectivity index (χ1) is 9.74. The van der Waals surface area contributed by atoms with Gasteiger partial charge in [0.05, 0.1) is 12.1 Å². The number of nitrogens with zero attached hydrogens (tertiary/aromatic N) is 2. The van der Waals surface area contributed by atoms with Gasteiger partial charge >= 0.3 is 0 Å². The lowest BCUT2D eigenvalue weighted by atomic mass is 10.1. The number of aryl methyl sites for hydroxylation is 1. The summed E-state index contributed by atoms with van der Waals surface area (Å²) in [4.78, 5) is 4.48. The third kappa shape index (κ3) is 2.89. The van der Waals surface area contributed by atoms with E-state index in [9.17, 15) is 0 Å². The second-order valence-electron chi connectivity index (χ2n) is 5.27. The molecule has 1 aromatic heterocycles. The summed E-state index contributed by atoms with van der Waals surface area (Å²) in [5, 5.41) is 7.40. The van der Waals surface area contributed by atoms with Gasteiger partial charge in [-0.15, -0.1) is 0 Å². The quantitative estimate of drug-likeness (QED) is 0.923. The molecule has 3 rings (SSSR count). The average Bonchev–Trinajstić information content (AvgIpc) is 3.10. The molecule has 2 heterocycles. The fourth-order valence-corrected chi connectivity index (χ4v) is 2.44. The Morgan fingerprint density at radius 3 is 2.85 bits per heavy atom. The molecule has 2 atom stereocenters. The summed E-state index contributed by atoms with van der Waals surface area (Å²) in [5.74, 6) is 1.39. The van der Waals surface area contributed by atoms with Crippen LogP contribution >= 0.6 is 0 Å². The lowest BCUT2D eigenvalue weighted by Gasteiger charge is -2.04. The van der Waals surface area contributed by atoms with Gasteiger partial charge in [0.1, 0.15) is 0 Å². The number of nitrogens with one attached hydrogen (secondary N) is 1. The molecular formula is C15H19N3O2. The summed E-state index contributed by atoms with van der Waals surface area (Å²) >= 11 is 0. The van der Waals surface area contributed by atoms with Crippen molar-refractivity contribution < 1.29 is 9.26 Å². The van der Waals surface area contributed by atoms with Crippen molar-refractivity contribution in [2.45, 2.75) is 31.9 Å². The zero-order valence-electron chi connectivity index (χ0n) is 11.8. The molecule has 0 saturated carbocycles. The Kier molecular flexibility index (Phi) is 3.80. The molecule has 1 N–H and O–H groups in total. The molecule has 2 aromatic rings. The maximum Gasteiger partial charge on any atom is 0.243 e. The number of benzene rings is 1. The van der Waals surface area contributed by atoms with Crippen LogP contribution in [0.5, 0.6) is 0 Å². The Morgan fingerprint density at radius 1 is 1.35 bits per heavy atom. The first-order valence-corrected chi connectivity index (χ1v) is 6.89. The number of aromatic nitrogens is 2. The number of methoxy groups -OCH3 is 1. The van der Waals surface area contributed by atoms with Gasteiger partial charge in [0.15, 0.2) is 5.82 Å². The van der Waals surface area contributed by atoms with Gasteiger partial charge in [0.2, 0.25) is 5.89 Å². The van der Waals surface area contributed by atoms with Crippen LogP contribution in [0.3, 0.4) is 0 Å². The minimum Gasteiger partial charge on any atom is -0.380 e. The van der Waals surface area contributed by atoms with Crippen molar-refractivity contribution in [3.63, 3.8) is 0 Å². The molecule has 0 bridgehead atoms. The maximum absolute atomic E-state index is 5.36. The van der Waals surface area contributed by atoms with E-state index < -0.39 is 0 Å². The van der Waals surface area contributed by atoms with Gasteiger partial charge in [0.25, 0.3) is 0 Å². The molecule has 0 aliphatic carbocycles. The first-order valence-electron chi connectivity index (χ1n) is 6.89. The summed E-state index contributed by atoms with van der Waals surface area (Å²) < 4.78 is 10.7. The van der Waals surface area contributed by atoms with E-state index in [-0.39, 0.29) is 12.1 Å². The van der Waals surface area contributed by atoms with Gasteiger partial charge in [-0.2, -0.15) is 4.98 Å². The Balaban J connectivity index is 1.66. The van der Waals surface area contributed by atoms with Crippen LogP contribution in [-0.2, 0) is 11.2 Å². The fourth-order valence-electron chi connectivity index (χ4n) is 2.44. The van der Waals surface area contributed by atoms with Crippen LogP contribution in [0.2, 0.25) is 0 Å². The van der Waals surface area contributed by atoms with Crippen LogP contribution in [0.15, 0.2) is 28.8 Å². The zero-order valence-corrected chi connectivity index (χ0v) is 11.8. The monoisotopic (exact) mass is 273 g/mol. The summed E-state index contributed by atoms with van der Waals surface area (Å²) in [6, 6.07) is 8.50. The fraction of sp³-hybridized carbons (Fsp3) is 0.467. The van der Waals surface area contributed by atoms with Gasteiger partial charge in [0, 0.05) is 20.1 Å². The molecule has 5 nitrogen and oxygen atoms in total. The van der Waals surface area contributed by atoms with Crippen molar-refractivity contribution in [3.05, 3.63) is 47.1 Å². The van der Waals surface area contributed by atoms with E-state index in [1.165, 1.54) is 11.1 Å². The van der Waals surface area contributed by atoms with Gasteiger partial charge in [-0.3, -0.25) is 0 Å². The first kappa shape index (κ1) is 13.3. The van der Waals surface area contributed by atoms with Crippen LogP contribution in [0.4, 0.5) is 0 Å². The Labute approximate surface area is 118 Å². The smallest absolute Gasteiger partial charge is 0.243 e. The molecule has 20 heavy (non-hydrogen) atoms. The molecule has 0 unspecified atom stereocenters. The minimum absolute atomic E-state index is 0.110. The van der Waals surface area contributed by atoms with E-state index in [1.54, 1.807) is 7.11 Å². The molecule has 0 spiro atoms. The highest BCUT2D eigenvalue weighted by Crippen LogP contribution is 2.23. The van der Waals surface area contributed by atoms with E-state index in [0.29, 0.717) is 12.3 Å². The number of ether oxygens (including phenoxy) is 1. The van der Waals surface area contributed by atoms with E-state index in [2.05, 4.69) is 46.6 Å². The van der Waals surface area contributed by atoms with Gasteiger partial charge in [-0.1, -0.05) is 35.0 Å². The molecule has 0 radical (unpaired) electrons. The van der Waals surface area contributed by atoms with Crippen molar-refractivity contribution in [2.75, 3.05) is 13.7 Å².